The molecular formula is C10H13ClF3NO. The number of halogens is 4. The van der Waals surface area contributed by atoms with Gasteiger partial charge >= 0.3 is 6.18 Å². The first-order valence-electron chi connectivity index (χ1n) is 4.47. The Labute approximate surface area is 98.0 Å². The van der Waals surface area contributed by atoms with Crippen LogP contribution in [0.5, 0.6) is 5.75 Å². The Balaban J connectivity index is 0.00000225. The summed E-state index contributed by atoms with van der Waals surface area (Å²) in [7, 11) is 0. The average Bonchev–Trinajstić information content (AvgIpc) is 2.17. The highest BCUT2D eigenvalue weighted by molar-refractivity contribution is 5.85. The van der Waals surface area contributed by atoms with Crippen LogP contribution >= 0.6 is 12.4 Å². The van der Waals surface area contributed by atoms with Crippen molar-refractivity contribution < 1.29 is 17.9 Å². The molecule has 0 heterocycles. The molecule has 1 aromatic rings. The number of benzene rings is 1. The standard InChI is InChI=1S/C10H12F3NO.ClH/c1-7(6-14)15-9-4-2-8(3-5-9)10(11,12)13;/h2-5,7H,6,14H2,1H3;1H. The lowest BCUT2D eigenvalue weighted by Crippen LogP contribution is -2.22. The molecule has 92 valence electrons. The monoisotopic (exact) mass is 255 g/mol. The molecule has 6 heteroatoms. The van der Waals surface area contributed by atoms with Crippen molar-refractivity contribution in [3.8, 4) is 5.75 Å². The van der Waals surface area contributed by atoms with Crippen molar-refractivity contribution in [3.63, 3.8) is 0 Å². The van der Waals surface area contributed by atoms with E-state index < -0.39 is 11.7 Å². The van der Waals surface area contributed by atoms with Crippen molar-refractivity contribution >= 4 is 12.4 Å². The van der Waals surface area contributed by atoms with Gasteiger partial charge in [-0.15, -0.1) is 12.4 Å². The number of ether oxygens (including phenoxy) is 1. The highest BCUT2D eigenvalue weighted by atomic mass is 35.5. The van der Waals surface area contributed by atoms with Crippen molar-refractivity contribution in [1.29, 1.82) is 0 Å². The predicted octanol–water partition coefficient (Wildman–Crippen LogP) is 2.85. The second kappa shape index (κ2) is 5.96. The van der Waals surface area contributed by atoms with Gasteiger partial charge in [-0.05, 0) is 31.2 Å². The molecule has 1 atom stereocenters. The summed E-state index contributed by atoms with van der Waals surface area (Å²) in [5.74, 6) is 0.390. The van der Waals surface area contributed by atoms with Gasteiger partial charge in [0.05, 0.1) is 5.56 Å². The first-order chi connectivity index (χ1) is 6.93. The van der Waals surface area contributed by atoms with Crippen LogP contribution in [0.3, 0.4) is 0 Å². The Kier molecular flexibility index (Phi) is 5.61. The third-order valence-corrected chi connectivity index (χ3v) is 1.85. The second-order valence-corrected chi connectivity index (χ2v) is 3.19. The van der Waals surface area contributed by atoms with E-state index in [1.165, 1.54) is 12.1 Å². The van der Waals surface area contributed by atoms with E-state index in [0.29, 0.717) is 12.3 Å². The smallest absolute Gasteiger partial charge is 0.416 e. The molecule has 0 saturated heterocycles. The molecule has 0 aliphatic carbocycles. The molecule has 0 amide bonds. The number of alkyl halides is 3. The first-order valence-corrected chi connectivity index (χ1v) is 4.47. The Hall–Kier alpha value is -0.940. The highest BCUT2D eigenvalue weighted by Crippen LogP contribution is 2.30. The van der Waals surface area contributed by atoms with E-state index in [-0.39, 0.29) is 18.5 Å². The average molecular weight is 256 g/mol. The molecule has 1 rings (SSSR count). The molecule has 0 spiro atoms. The Morgan fingerprint density at radius 3 is 2.12 bits per heavy atom. The number of hydrogen-bond donors (Lipinski definition) is 1. The van der Waals surface area contributed by atoms with E-state index in [9.17, 15) is 13.2 Å². The van der Waals surface area contributed by atoms with Gasteiger partial charge in [0.15, 0.2) is 0 Å². The molecule has 2 N–H and O–H groups in total. The van der Waals surface area contributed by atoms with Gasteiger partial charge < -0.3 is 10.5 Å². The summed E-state index contributed by atoms with van der Waals surface area (Å²) in [6, 6.07) is 4.54. The van der Waals surface area contributed by atoms with Gasteiger partial charge in [-0.1, -0.05) is 0 Å². The van der Waals surface area contributed by atoms with Gasteiger partial charge in [-0.3, -0.25) is 0 Å². The third-order valence-electron chi connectivity index (χ3n) is 1.85. The molecule has 0 aliphatic heterocycles. The zero-order valence-corrected chi connectivity index (χ0v) is 9.44. The Morgan fingerprint density at radius 1 is 1.25 bits per heavy atom. The van der Waals surface area contributed by atoms with Gasteiger partial charge in [0.25, 0.3) is 0 Å². The fourth-order valence-corrected chi connectivity index (χ4v) is 1.00. The first kappa shape index (κ1) is 15.1. The largest absolute Gasteiger partial charge is 0.489 e. The maximum Gasteiger partial charge on any atom is 0.416 e. The van der Waals surface area contributed by atoms with Crippen molar-refractivity contribution in [2.45, 2.75) is 19.2 Å². The van der Waals surface area contributed by atoms with Crippen LogP contribution in [0.15, 0.2) is 24.3 Å². The van der Waals surface area contributed by atoms with Crippen LogP contribution in [0.4, 0.5) is 13.2 Å². The van der Waals surface area contributed by atoms with Crippen LogP contribution in [0.25, 0.3) is 0 Å². The van der Waals surface area contributed by atoms with Gasteiger partial charge in [0.2, 0.25) is 0 Å². The van der Waals surface area contributed by atoms with E-state index in [4.69, 9.17) is 10.5 Å². The van der Waals surface area contributed by atoms with Crippen molar-refractivity contribution in [2.24, 2.45) is 5.73 Å². The summed E-state index contributed by atoms with van der Waals surface area (Å²) >= 11 is 0. The van der Waals surface area contributed by atoms with Crippen molar-refractivity contribution in [3.05, 3.63) is 29.8 Å². The lowest BCUT2D eigenvalue weighted by atomic mass is 10.2. The summed E-state index contributed by atoms with van der Waals surface area (Å²) in [5, 5.41) is 0. The number of nitrogens with two attached hydrogens (primary N) is 1. The Bertz CT molecular complexity index is 313. The van der Waals surface area contributed by atoms with E-state index in [1.807, 2.05) is 0 Å². The quantitative estimate of drug-likeness (QED) is 0.901. The van der Waals surface area contributed by atoms with Crippen LogP contribution in [-0.2, 0) is 6.18 Å². The molecule has 0 fully saturated rings. The molecule has 1 aromatic carbocycles. The van der Waals surface area contributed by atoms with Gasteiger partial charge in [-0.25, -0.2) is 0 Å². The van der Waals surface area contributed by atoms with E-state index in [2.05, 4.69) is 0 Å². The zero-order valence-electron chi connectivity index (χ0n) is 8.62. The van der Waals surface area contributed by atoms with Gasteiger partial charge in [0, 0.05) is 6.54 Å². The van der Waals surface area contributed by atoms with E-state index >= 15 is 0 Å². The predicted molar refractivity (Wildman–Crippen MR) is 57.8 cm³/mol. The van der Waals surface area contributed by atoms with Crippen LogP contribution in [-0.4, -0.2) is 12.6 Å². The topological polar surface area (TPSA) is 35.2 Å². The SMILES string of the molecule is CC(CN)Oc1ccc(C(F)(F)F)cc1.Cl. The fourth-order valence-electron chi connectivity index (χ4n) is 1.00. The minimum atomic E-state index is -4.31. The molecule has 1 unspecified atom stereocenters. The van der Waals surface area contributed by atoms with E-state index in [1.54, 1.807) is 6.92 Å². The van der Waals surface area contributed by atoms with Gasteiger partial charge in [-0.2, -0.15) is 13.2 Å². The van der Waals surface area contributed by atoms with Crippen LogP contribution in [0.2, 0.25) is 0 Å². The number of hydrogen-bond acceptors (Lipinski definition) is 2. The molecule has 0 aromatic heterocycles. The second-order valence-electron chi connectivity index (χ2n) is 3.19. The molecule has 0 aliphatic rings. The zero-order chi connectivity index (χ0) is 11.5. The lowest BCUT2D eigenvalue weighted by Gasteiger charge is -2.13. The van der Waals surface area contributed by atoms with E-state index in [0.717, 1.165) is 12.1 Å². The van der Waals surface area contributed by atoms with Crippen LogP contribution in [0.1, 0.15) is 12.5 Å². The normalized spacial score (nSPS) is 12.8. The lowest BCUT2D eigenvalue weighted by molar-refractivity contribution is -0.137. The maximum atomic E-state index is 12.2. The van der Waals surface area contributed by atoms with Crippen LogP contribution in [0, 0.1) is 0 Å². The molecule has 2 nitrogen and oxygen atoms in total. The minimum Gasteiger partial charge on any atom is -0.489 e. The summed E-state index contributed by atoms with van der Waals surface area (Å²) in [4.78, 5) is 0. The maximum absolute atomic E-state index is 12.2. The summed E-state index contributed by atoms with van der Waals surface area (Å²) < 4.78 is 41.8. The highest BCUT2D eigenvalue weighted by Gasteiger charge is 2.30. The Morgan fingerprint density at radius 2 is 1.75 bits per heavy atom. The fraction of sp³-hybridized carbons (Fsp3) is 0.400. The van der Waals surface area contributed by atoms with Crippen LogP contribution < -0.4 is 10.5 Å². The molecule has 0 bridgehead atoms. The summed E-state index contributed by atoms with van der Waals surface area (Å²) in [6.45, 7) is 2.07. The summed E-state index contributed by atoms with van der Waals surface area (Å²) in [6.07, 6.45) is -4.51. The molecular weight excluding hydrogens is 243 g/mol. The third kappa shape index (κ3) is 4.28. The molecule has 0 saturated carbocycles. The van der Waals surface area contributed by atoms with Crippen molar-refractivity contribution in [1.82, 2.24) is 0 Å². The minimum absolute atomic E-state index is 0. The summed E-state index contributed by atoms with van der Waals surface area (Å²) in [5.41, 5.74) is 4.63. The number of rotatable bonds is 3. The molecule has 16 heavy (non-hydrogen) atoms. The van der Waals surface area contributed by atoms with Crippen molar-refractivity contribution in [2.75, 3.05) is 6.54 Å². The molecule has 0 radical (unpaired) electrons. The van der Waals surface area contributed by atoms with Gasteiger partial charge in [0.1, 0.15) is 11.9 Å².